The van der Waals surface area contributed by atoms with E-state index in [1.165, 1.54) is 0 Å². The molecule has 136 valence electrons. The summed E-state index contributed by atoms with van der Waals surface area (Å²) in [7, 11) is 0. The number of hydrogen-bond donors (Lipinski definition) is 1. The summed E-state index contributed by atoms with van der Waals surface area (Å²) >= 11 is 6.01. The Balaban J connectivity index is 1.66. The van der Waals surface area contributed by atoms with Gasteiger partial charge >= 0.3 is 0 Å². The Morgan fingerprint density at radius 1 is 1.11 bits per heavy atom. The first-order chi connectivity index (χ1) is 13.0. The van der Waals surface area contributed by atoms with Gasteiger partial charge in [-0.25, -0.2) is 4.98 Å². The molecular formula is C22H18ClNO3. The standard InChI is InChI=1S/C22H18ClNO3/c1-2-13-12-16(5-6-17(13)22-19(25)8-9-20(22)26)27-21-10-3-14-11-15(23)4-7-18(14)24-21/h3-7,10-12,25H,2,8-9H2,1H3. The van der Waals surface area contributed by atoms with Crippen molar-refractivity contribution in [1.82, 2.24) is 4.98 Å². The van der Waals surface area contributed by atoms with Crippen LogP contribution in [0.2, 0.25) is 5.02 Å². The lowest BCUT2D eigenvalue weighted by Gasteiger charge is -2.12. The van der Waals surface area contributed by atoms with Crippen LogP contribution in [0.3, 0.4) is 0 Å². The fourth-order valence-corrected chi connectivity index (χ4v) is 3.55. The van der Waals surface area contributed by atoms with Crippen LogP contribution in [0.4, 0.5) is 0 Å². The van der Waals surface area contributed by atoms with Crippen molar-refractivity contribution >= 4 is 33.9 Å². The average Bonchev–Trinajstić information content (AvgIpc) is 3.00. The Labute approximate surface area is 162 Å². The molecule has 27 heavy (non-hydrogen) atoms. The van der Waals surface area contributed by atoms with E-state index in [-0.39, 0.29) is 11.5 Å². The van der Waals surface area contributed by atoms with Crippen LogP contribution < -0.4 is 4.74 Å². The summed E-state index contributed by atoms with van der Waals surface area (Å²) in [5.74, 6) is 1.30. The number of carbonyl (C=O) groups is 1. The lowest BCUT2D eigenvalue weighted by Crippen LogP contribution is -2.01. The molecule has 1 aliphatic carbocycles. The first-order valence-corrected chi connectivity index (χ1v) is 9.25. The van der Waals surface area contributed by atoms with Gasteiger partial charge in [0.25, 0.3) is 0 Å². The van der Waals surface area contributed by atoms with Crippen LogP contribution in [0.5, 0.6) is 11.6 Å². The molecule has 0 unspecified atom stereocenters. The number of Topliss-reactive ketones (excluding diaryl/α,β-unsaturated/α-hetero) is 1. The van der Waals surface area contributed by atoms with E-state index in [0.717, 1.165) is 28.5 Å². The van der Waals surface area contributed by atoms with Crippen molar-refractivity contribution in [3.05, 3.63) is 70.4 Å². The zero-order chi connectivity index (χ0) is 19.0. The third kappa shape index (κ3) is 3.40. The van der Waals surface area contributed by atoms with Gasteiger partial charge in [-0.1, -0.05) is 24.6 Å². The molecule has 3 aromatic rings. The van der Waals surface area contributed by atoms with Crippen molar-refractivity contribution in [1.29, 1.82) is 0 Å². The highest BCUT2D eigenvalue weighted by Crippen LogP contribution is 2.34. The second-order valence-corrected chi connectivity index (χ2v) is 6.94. The van der Waals surface area contributed by atoms with Gasteiger partial charge in [-0.15, -0.1) is 0 Å². The normalized spacial score (nSPS) is 14.2. The van der Waals surface area contributed by atoms with E-state index < -0.39 is 0 Å². The largest absolute Gasteiger partial charge is 0.512 e. The van der Waals surface area contributed by atoms with Crippen molar-refractivity contribution in [2.75, 3.05) is 0 Å². The maximum atomic E-state index is 12.1. The summed E-state index contributed by atoms with van der Waals surface area (Å²) < 4.78 is 5.92. The van der Waals surface area contributed by atoms with Crippen molar-refractivity contribution in [2.24, 2.45) is 0 Å². The van der Waals surface area contributed by atoms with Crippen LogP contribution >= 0.6 is 11.6 Å². The average molecular weight is 380 g/mol. The van der Waals surface area contributed by atoms with Gasteiger partial charge < -0.3 is 9.84 Å². The van der Waals surface area contributed by atoms with Crippen molar-refractivity contribution in [2.45, 2.75) is 26.2 Å². The van der Waals surface area contributed by atoms with Gasteiger partial charge in [0.1, 0.15) is 11.5 Å². The number of benzene rings is 2. The summed E-state index contributed by atoms with van der Waals surface area (Å²) in [4.78, 5) is 16.6. The SMILES string of the molecule is CCc1cc(Oc2ccc3cc(Cl)ccc3n2)ccc1C1=C(O)CCC1=O. The van der Waals surface area contributed by atoms with Crippen LogP contribution in [-0.4, -0.2) is 15.9 Å². The molecule has 0 saturated heterocycles. The highest BCUT2D eigenvalue weighted by Gasteiger charge is 2.25. The van der Waals surface area contributed by atoms with Crippen LogP contribution in [0.15, 0.2) is 54.3 Å². The number of aryl methyl sites for hydroxylation is 1. The maximum Gasteiger partial charge on any atom is 0.219 e. The number of aliphatic hydroxyl groups excluding tert-OH is 1. The van der Waals surface area contributed by atoms with E-state index in [4.69, 9.17) is 16.3 Å². The Kier molecular flexibility index (Phi) is 4.58. The van der Waals surface area contributed by atoms with Gasteiger partial charge in [0, 0.05) is 29.3 Å². The fourth-order valence-electron chi connectivity index (χ4n) is 3.37. The third-order valence-corrected chi connectivity index (χ3v) is 4.97. The Morgan fingerprint density at radius 3 is 2.70 bits per heavy atom. The van der Waals surface area contributed by atoms with E-state index in [1.54, 1.807) is 18.2 Å². The molecule has 4 nitrogen and oxygen atoms in total. The Morgan fingerprint density at radius 2 is 1.96 bits per heavy atom. The van der Waals surface area contributed by atoms with Crippen LogP contribution in [0, 0.1) is 0 Å². The predicted octanol–water partition coefficient (Wildman–Crippen LogP) is 5.87. The Bertz CT molecular complexity index is 1090. The van der Waals surface area contributed by atoms with Gasteiger partial charge in [-0.3, -0.25) is 4.79 Å². The number of ether oxygens (including phenoxy) is 1. The summed E-state index contributed by atoms with van der Waals surface area (Å²) in [5, 5.41) is 11.7. The summed E-state index contributed by atoms with van der Waals surface area (Å²) in [6, 6.07) is 14.8. The monoisotopic (exact) mass is 379 g/mol. The number of carbonyl (C=O) groups excluding carboxylic acids is 1. The number of halogens is 1. The lowest BCUT2D eigenvalue weighted by atomic mass is 9.96. The zero-order valence-corrected chi connectivity index (χ0v) is 15.6. The molecule has 5 heteroatoms. The summed E-state index contributed by atoms with van der Waals surface area (Å²) in [6.45, 7) is 2.01. The number of nitrogens with zero attached hydrogens (tertiary/aromatic N) is 1. The molecule has 2 aromatic carbocycles. The highest BCUT2D eigenvalue weighted by atomic mass is 35.5. The molecule has 0 atom stereocenters. The molecule has 0 saturated carbocycles. The molecule has 1 aliphatic rings. The molecule has 0 spiro atoms. The lowest BCUT2D eigenvalue weighted by molar-refractivity contribution is -0.113. The first-order valence-electron chi connectivity index (χ1n) is 8.88. The molecular weight excluding hydrogens is 362 g/mol. The van der Waals surface area contributed by atoms with Crippen LogP contribution in [0.1, 0.15) is 30.9 Å². The molecule has 0 amide bonds. The maximum absolute atomic E-state index is 12.1. The highest BCUT2D eigenvalue weighted by molar-refractivity contribution is 6.31. The smallest absolute Gasteiger partial charge is 0.219 e. The van der Waals surface area contributed by atoms with E-state index in [0.29, 0.717) is 35.1 Å². The van der Waals surface area contributed by atoms with Crippen LogP contribution in [-0.2, 0) is 11.2 Å². The van der Waals surface area contributed by atoms with Crippen LogP contribution in [0.25, 0.3) is 16.5 Å². The van der Waals surface area contributed by atoms with Gasteiger partial charge in [0.15, 0.2) is 5.78 Å². The van der Waals surface area contributed by atoms with Crippen molar-refractivity contribution in [3.8, 4) is 11.6 Å². The fraction of sp³-hybridized carbons (Fsp3) is 0.182. The minimum atomic E-state index is -0.00859. The topological polar surface area (TPSA) is 59.4 Å². The van der Waals surface area contributed by atoms with E-state index in [2.05, 4.69) is 4.98 Å². The molecule has 0 radical (unpaired) electrons. The molecule has 0 bridgehead atoms. The van der Waals surface area contributed by atoms with Crippen molar-refractivity contribution < 1.29 is 14.6 Å². The van der Waals surface area contributed by atoms with Gasteiger partial charge in [0.05, 0.1) is 11.1 Å². The number of rotatable bonds is 4. The van der Waals surface area contributed by atoms with Gasteiger partial charge in [-0.05, 0) is 53.9 Å². The van der Waals surface area contributed by atoms with Gasteiger partial charge in [-0.2, -0.15) is 0 Å². The number of fused-ring (bicyclic) bond motifs is 1. The van der Waals surface area contributed by atoms with E-state index in [1.807, 2.05) is 37.3 Å². The third-order valence-electron chi connectivity index (χ3n) is 4.73. The molecule has 0 fully saturated rings. The van der Waals surface area contributed by atoms with E-state index >= 15 is 0 Å². The zero-order valence-electron chi connectivity index (χ0n) is 14.8. The molecule has 1 N–H and O–H groups in total. The number of ketones is 1. The number of aliphatic hydroxyl groups is 1. The van der Waals surface area contributed by atoms with Gasteiger partial charge in [0.2, 0.25) is 5.88 Å². The quantitative estimate of drug-likeness (QED) is 0.615. The molecule has 1 heterocycles. The van der Waals surface area contributed by atoms with Crippen molar-refractivity contribution in [3.63, 3.8) is 0 Å². The molecule has 1 aromatic heterocycles. The minimum absolute atomic E-state index is 0.00859. The first kappa shape index (κ1) is 17.6. The molecule has 4 rings (SSSR count). The summed E-state index contributed by atoms with van der Waals surface area (Å²) in [5.41, 5.74) is 2.98. The second kappa shape index (κ2) is 7.05. The number of pyridine rings is 1. The summed E-state index contributed by atoms with van der Waals surface area (Å²) in [6.07, 6.45) is 1.51. The number of aromatic nitrogens is 1. The minimum Gasteiger partial charge on any atom is -0.512 e. The Hall–Kier alpha value is -2.85. The number of allylic oxidation sites excluding steroid dienone is 2. The molecule has 0 aliphatic heterocycles. The predicted molar refractivity (Wildman–Crippen MR) is 106 cm³/mol. The second-order valence-electron chi connectivity index (χ2n) is 6.51. The van der Waals surface area contributed by atoms with E-state index in [9.17, 15) is 9.90 Å². The number of hydrogen-bond acceptors (Lipinski definition) is 4.